The molecule has 0 bridgehead atoms. The van der Waals surface area contributed by atoms with Crippen molar-refractivity contribution in [3.05, 3.63) is 12.2 Å². The van der Waals surface area contributed by atoms with Crippen LogP contribution in [0.1, 0.15) is 60.3 Å². The zero-order chi connectivity index (χ0) is 11.9. The number of allylic oxidation sites excluding steroid dienone is 1. The zero-order valence-electron chi connectivity index (χ0n) is 11.0. The van der Waals surface area contributed by atoms with Crippen LogP contribution in [0.4, 0.5) is 0 Å². The standard InChI is InChI=1S/C13H26N2/c1-7-8-9-10-13(5,6)15-14-12(4)11(2)3/h15H,2,7-10H2,1,3-6H3. The smallest absolute Gasteiger partial charge is 0.0595 e. The van der Waals surface area contributed by atoms with E-state index in [2.05, 4.69) is 37.9 Å². The summed E-state index contributed by atoms with van der Waals surface area (Å²) in [5, 5.41) is 4.34. The summed E-state index contributed by atoms with van der Waals surface area (Å²) in [7, 11) is 0. The lowest BCUT2D eigenvalue weighted by Crippen LogP contribution is -2.36. The molecule has 0 fully saturated rings. The third kappa shape index (κ3) is 7.18. The summed E-state index contributed by atoms with van der Waals surface area (Å²) < 4.78 is 0. The van der Waals surface area contributed by atoms with Gasteiger partial charge >= 0.3 is 0 Å². The SMILES string of the molecule is C=C(C)C(C)=NNC(C)(C)CCCCC. The fourth-order valence-corrected chi connectivity index (χ4v) is 1.20. The summed E-state index contributed by atoms with van der Waals surface area (Å²) in [5.41, 5.74) is 5.32. The monoisotopic (exact) mass is 210 g/mol. The van der Waals surface area contributed by atoms with Crippen LogP contribution in [0.3, 0.4) is 0 Å². The third-order valence-corrected chi connectivity index (χ3v) is 2.55. The van der Waals surface area contributed by atoms with Crippen molar-refractivity contribution < 1.29 is 0 Å². The van der Waals surface area contributed by atoms with Gasteiger partial charge in [-0.15, -0.1) is 0 Å². The van der Waals surface area contributed by atoms with Crippen molar-refractivity contribution in [2.75, 3.05) is 0 Å². The lowest BCUT2D eigenvalue weighted by atomic mass is 9.98. The molecule has 0 spiro atoms. The molecule has 0 aliphatic heterocycles. The summed E-state index contributed by atoms with van der Waals surface area (Å²) in [6.45, 7) is 14.4. The molecule has 0 aliphatic rings. The Kier molecular flexibility index (Phi) is 6.30. The molecule has 0 radical (unpaired) electrons. The van der Waals surface area contributed by atoms with Crippen LogP contribution >= 0.6 is 0 Å². The number of hydrogen-bond donors (Lipinski definition) is 1. The Balaban J connectivity index is 4.02. The summed E-state index contributed by atoms with van der Waals surface area (Å²) >= 11 is 0. The van der Waals surface area contributed by atoms with Crippen molar-refractivity contribution in [2.45, 2.75) is 65.8 Å². The lowest BCUT2D eigenvalue weighted by Gasteiger charge is -2.24. The fourth-order valence-electron chi connectivity index (χ4n) is 1.20. The lowest BCUT2D eigenvalue weighted by molar-refractivity contribution is 0.357. The highest BCUT2D eigenvalue weighted by Crippen LogP contribution is 2.13. The number of unbranched alkanes of at least 4 members (excludes halogenated alkanes) is 2. The van der Waals surface area contributed by atoms with Crippen LogP contribution in [-0.4, -0.2) is 11.3 Å². The van der Waals surface area contributed by atoms with E-state index < -0.39 is 0 Å². The molecule has 0 heterocycles. The van der Waals surface area contributed by atoms with E-state index in [4.69, 9.17) is 0 Å². The van der Waals surface area contributed by atoms with Gasteiger partial charge in [-0.05, 0) is 39.7 Å². The molecule has 0 rings (SSSR count). The van der Waals surface area contributed by atoms with Gasteiger partial charge in [-0.25, -0.2) is 0 Å². The van der Waals surface area contributed by atoms with E-state index in [-0.39, 0.29) is 5.54 Å². The molecular weight excluding hydrogens is 184 g/mol. The van der Waals surface area contributed by atoms with Gasteiger partial charge in [0.1, 0.15) is 0 Å². The van der Waals surface area contributed by atoms with Crippen LogP contribution in [0.5, 0.6) is 0 Å². The first-order valence-electron chi connectivity index (χ1n) is 5.86. The molecule has 0 unspecified atom stereocenters. The van der Waals surface area contributed by atoms with Crippen molar-refractivity contribution >= 4 is 5.71 Å². The zero-order valence-corrected chi connectivity index (χ0v) is 11.0. The molecular formula is C13H26N2. The quantitative estimate of drug-likeness (QED) is 0.385. The van der Waals surface area contributed by atoms with Gasteiger partial charge in [0.2, 0.25) is 0 Å². The molecule has 0 atom stereocenters. The third-order valence-electron chi connectivity index (χ3n) is 2.55. The second-order valence-electron chi connectivity index (χ2n) is 4.93. The predicted molar refractivity (Wildman–Crippen MR) is 69.3 cm³/mol. The minimum Gasteiger partial charge on any atom is -0.304 e. The van der Waals surface area contributed by atoms with Crippen LogP contribution in [0.25, 0.3) is 0 Å². The van der Waals surface area contributed by atoms with Gasteiger partial charge in [0.15, 0.2) is 0 Å². The minimum absolute atomic E-state index is 0.0892. The van der Waals surface area contributed by atoms with Crippen molar-refractivity contribution in [3.8, 4) is 0 Å². The first kappa shape index (κ1) is 14.2. The van der Waals surface area contributed by atoms with Gasteiger partial charge in [-0.2, -0.15) is 5.10 Å². The van der Waals surface area contributed by atoms with E-state index in [1.807, 2.05) is 13.8 Å². The maximum Gasteiger partial charge on any atom is 0.0595 e. The normalized spacial score (nSPS) is 12.7. The predicted octanol–water partition coefficient (Wildman–Crippen LogP) is 3.89. The highest BCUT2D eigenvalue weighted by molar-refractivity contribution is 5.96. The summed E-state index contributed by atoms with van der Waals surface area (Å²) in [5.74, 6) is 0. The van der Waals surface area contributed by atoms with Crippen LogP contribution in [0, 0.1) is 0 Å². The number of nitrogens with one attached hydrogen (secondary N) is 1. The molecule has 15 heavy (non-hydrogen) atoms. The Morgan fingerprint density at radius 3 is 2.33 bits per heavy atom. The maximum atomic E-state index is 4.34. The van der Waals surface area contributed by atoms with E-state index in [0.29, 0.717) is 0 Å². The average molecular weight is 210 g/mol. The number of rotatable bonds is 7. The average Bonchev–Trinajstić information content (AvgIpc) is 2.14. The first-order valence-corrected chi connectivity index (χ1v) is 5.86. The molecule has 0 aromatic rings. The topological polar surface area (TPSA) is 24.4 Å². The molecule has 0 saturated carbocycles. The van der Waals surface area contributed by atoms with E-state index in [0.717, 1.165) is 17.7 Å². The van der Waals surface area contributed by atoms with Crippen molar-refractivity contribution in [1.29, 1.82) is 0 Å². The molecule has 0 aliphatic carbocycles. The Labute approximate surface area is 94.8 Å². The molecule has 0 amide bonds. The van der Waals surface area contributed by atoms with Crippen LogP contribution in [0.2, 0.25) is 0 Å². The Morgan fingerprint density at radius 2 is 1.87 bits per heavy atom. The van der Waals surface area contributed by atoms with Crippen LogP contribution in [0.15, 0.2) is 17.3 Å². The van der Waals surface area contributed by atoms with E-state index in [1.165, 1.54) is 19.3 Å². The molecule has 0 aromatic carbocycles. The van der Waals surface area contributed by atoms with Crippen LogP contribution < -0.4 is 5.43 Å². The fraction of sp³-hybridized carbons (Fsp3) is 0.769. The van der Waals surface area contributed by atoms with Gasteiger partial charge in [-0.1, -0.05) is 32.8 Å². The Bertz CT molecular complexity index is 227. The maximum absolute atomic E-state index is 4.34. The van der Waals surface area contributed by atoms with E-state index in [9.17, 15) is 0 Å². The van der Waals surface area contributed by atoms with Crippen molar-refractivity contribution in [2.24, 2.45) is 5.10 Å². The summed E-state index contributed by atoms with van der Waals surface area (Å²) in [6, 6.07) is 0. The van der Waals surface area contributed by atoms with Crippen molar-refractivity contribution in [3.63, 3.8) is 0 Å². The van der Waals surface area contributed by atoms with Gasteiger partial charge in [0, 0.05) is 5.54 Å². The minimum atomic E-state index is 0.0892. The molecule has 0 aromatic heterocycles. The molecule has 2 nitrogen and oxygen atoms in total. The Morgan fingerprint density at radius 1 is 1.27 bits per heavy atom. The Hall–Kier alpha value is -0.790. The van der Waals surface area contributed by atoms with E-state index in [1.54, 1.807) is 0 Å². The van der Waals surface area contributed by atoms with Gasteiger partial charge < -0.3 is 5.43 Å². The highest BCUT2D eigenvalue weighted by Gasteiger charge is 2.15. The van der Waals surface area contributed by atoms with Crippen molar-refractivity contribution in [1.82, 2.24) is 5.43 Å². The number of hydrogen-bond acceptors (Lipinski definition) is 2. The second-order valence-corrected chi connectivity index (χ2v) is 4.93. The summed E-state index contributed by atoms with van der Waals surface area (Å²) in [6.07, 6.45) is 4.99. The van der Waals surface area contributed by atoms with Gasteiger partial charge in [0.05, 0.1) is 5.71 Å². The molecule has 1 N–H and O–H groups in total. The number of hydrazone groups is 1. The van der Waals surface area contributed by atoms with E-state index >= 15 is 0 Å². The number of nitrogens with zero attached hydrogens (tertiary/aromatic N) is 1. The molecule has 0 saturated heterocycles. The molecule has 88 valence electrons. The van der Waals surface area contributed by atoms with Gasteiger partial charge in [0.25, 0.3) is 0 Å². The summed E-state index contributed by atoms with van der Waals surface area (Å²) in [4.78, 5) is 0. The first-order chi connectivity index (χ1) is 6.89. The largest absolute Gasteiger partial charge is 0.304 e. The second kappa shape index (κ2) is 6.65. The molecule has 2 heteroatoms. The van der Waals surface area contributed by atoms with Crippen LogP contribution in [-0.2, 0) is 0 Å². The van der Waals surface area contributed by atoms with Gasteiger partial charge in [-0.3, -0.25) is 0 Å². The highest BCUT2D eigenvalue weighted by atomic mass is 15.3.